The summed E-state index contributed by atoms with van der Waals surface area (Å²) in [6, 6.07) is 0. The van der Waals surface area contributed by atoms with Gasteiger partial charge in [0.25, 0.3) is 0 Å². The second kappa shape index (κ2) is 12.2. The predicted molar refractivity (Wildman–Crippen MR) is 125 cm³/mol. The van der Waals surface area contributed by atoms with Crippen LogP contribution in [0.1, 0.15) is 0 Å². The summed E-state index contributed by atoms with van der Waals surface area (Å²) < 4.78 is 23.1. The molecule has 4 aliphatic rings. The van der Waals surface area contributed by atoms with Gasteiger partial charge in [0.05, 0.1) is 25.0 Å². The minimum Gasteiger partial charge on any atom is -0.493 e. The van der Waals surface area contributed by atoms with E-state index in [4.69, 9.17) is 18.9 Å². The first-order valence-electron chi connectivity index (χ1n) is 11.2. The van der Waals surface area contributed by atoms with Crippen molar-refractivity contribution >= 4 is 0 Å². The van der Waals surface area contributed by atoms with E-state index in [0.29, 0.717) is 0 Å². The van der Waals surface area contributed by atoms with Gasteiger partial charge in [0, 0.05) is 39.3 Å². The van der Waals surface area contributed by atoms with Gasteiger partial charge in [0.2, 0.25) is 0 Å². The van der Waals surface area contributed by atoms with E-state index in [-0.39, 0.29) is 24.4 Å². The molecule has 0 bridgehead atoms. The van der Waals surface area contributed by atoms with E-state index in [1.807, 2.05) is 48.6 Å². The summed E-state index contributed by atoms with van der Waals surface area (Å²) in [6.07, 6.45) is 31.4. The quantitative estimate of drug-likeness (QED) is 0.494. The lowest BCUT2D eigenvalue weighted by atomic mass is 10.2. The predicted octanol–water partition coefficient (Wildman–Crippen LogP) is 3.47. The molecule has 4 heterocycles. The molecular weight excluding hydrogens is 404 g/mol. The van der Waals surface area contributed by atoms with Crippen LogP contribution in [0.15, 0.2) is 98.0 Å². The zero-order chi connectivity index (χ0) is 21.8. The minimum absolute atomic E-state index is 0.0426. The van der Waals surface area contributed by atoms with Gasteiger partial charge in [-0.3, -0.25) is 9.80 Å². The molecule has 4 aliphatic heterocycles. The highest BCUT2D eigenvalue weighted by Gasteiger charge is 2.22. The van der Waals surface area contributed by atoms with Gasteiger partial charge in [0.15, 0.2) is 0 Å². The fourth-order valence-electron chi connectivity index (χ4n) is 3.93. The fourth-order valence-corrected chi connectivity index (χ4v) is 3.93. The highest BCUT2D eigenvalue weighted by atomic mass is 16.5. The molecule has 0 saturated heterocycles. The maximum absolute atomic E-state index is 5.78. The fraction of sp³-hybridized carbons (Fsp3) is 0.385. The summed E-state index contributed by atoms with van der Waals surface area (Å²) in [6.45, 7) is 4.98. The number of hydrogen-bond donors (Lipinski definition) is 0. The van der Waals surface area contributed by atoms with Crippen LogP contribution in [0.2, 0.25) is 0 Å². The van der Waals surface area contributed by atoms with Gasteiger partial charge in [0.1, 0.15) is 24.4 Å². The highest BCUT2D eigenvalue weighted by molar-refractivity contribution is 5.11. The van der Waals surface area contributed by atoms with Crippen LogP contribution in [0, 0.1) is 0 Å². The summed E-state index contributed by atoms with van der Waals surface area (Å²) in [4.78, 5) is 4.81. The average molecular weight is 437 g/mol. The number of hydrogen-bond acceptors (Lipinski definition) is 6. The van der Waals surface area contributed by atoms with Crippen LogP contribution in [-0.2, 0) is 18.9 Å². The molecular formula is C26H32N2O4. The van der Waals surface area contributed by atoms with E-state index >= 15 is 0 Å². The van der Waals surface area contributed by atoms with Crippen LogP contribution < -0.4 is 0 Å². The summed E-state index contributed by atoms with van der Waals surface area (Å²) >= 11 is 0. The van der Waals surface area contributed by atoms with Crippen molar-refractivity contribution in [1.82, 2.24) is 9.80 Å². The topological polar surface area (TPSA) is 43.4 Å². The largest absolute Gasteiger partial charge is 0.493 e. The van der Waals surface area contributed by atoms with Crippen molar-refractivity contribution in [3.63, 3.8) is 0 Å². The molecule has 6 nitrogen and oxygen atoms in total. The molecule has 4 unspecified atom stereocenters. The first-order chi connectivity index (χ1) is 15.8. The van der Waals surface area contributed by atoms with Crippen LogP contribution >= 0.6 is 0 Å². The Kier molecular flexibility index (Phi) is 8.46. The Morgan fingerprint density at radius 1 is 0.406 bits per heavy atom. The molecule has 0 aromatic carbocycles. The average Bonchev–Trinajstić information content (AvgIpc) is 2.85. The lowest BCUT2D eigenvalue weighted by molar-refractivity contribution is 0.0576. The first kappa shape index (κ1) is 22.2. The zero-order valence-electron chi connectivity index (χ0n) is 18.3. The monoisotopic (exact) mass is 436 g/mol. The highest BCUT2D eigenvalue weighted by Crippen LogP contribution is 2.12. The van der Waals surface area contributed by atoms with Gasteiger partial charge >= 0.3 is 0 Å². The maximum atomic E-state index is 5.78. The molecule has 0 aliphatic carbocycles. The van der Waals surface area contributed by atoms with Crippen LogP contribution in [0.4, 0.5) is 0 Å². The van der Waals surface area contributed by atoms with E-state index in [1.165, 1.54) is 0 Å². The van der Waals surface area contributed by atoms with Gasteiger partial charge in [-0.15, -0.1) is 0 Å². The van der Waals surface area contributed by atoms with Gasteiger partial charge in [-0.1, -0.05) is 24.3 Å². The standard InChI is InChI=1S/C26H32N2O4/c1-5-15-29-23(9-1)19-27(20-24-10-2-6-16-30-24)13-14-28(21-25-11-3-7-17-31-25)22-26-12-4-8-18-32-26/h1-12,15-18,23-26H,13-14,19-22H2. The molecule has 0 fully saturated rings. The van der Waals surface area contributed by atoms with Crippen LogP contribution in [0.5, 0.6) is 0 Å². The van der Waals surface area contributed by atoms with E-state index < -0.39 is 0 Å². The first-order valence-corrected chi connectivity index (χ1v) is 11.2. The normalized spacial score (nSPS) is 27.4. The summed E-state index contributed by atoms with van der Waals surface area (Å²) in [5.74, 6) is 0. The van der Waals surface area contributed by atoms with Gasteiger partial charge in [-0.05, 0) is 48.6 Å². The third-order valence-electron chi connectivity index (χ3n) is 5.56. The lowest BCUT2D eigenvalue weighted by Crippen LogP contribution is -2.46. The Morgan fingerprint density at radius 3 is 0.906 bits per heavy atom. The van der Waals surface area contributed by atoms with Crippen molar-refractivity contribution in [3.8, 4) is 0 Å². The summed E-state index contributed by atoms with van der Waals surface area (Å²) in [5, 5.41) is 0. The SMILES string of the molecule is C1=COC(CN(CCN(CC2C=CC=CO2)CC2C=CC=CO2)CC2C=CC=CO2)C=C1. The second-order valence-corrected chi connectivity index (χ2v) is 8.07. The summed E-state index contributed by atoms with van der Waals surface area (Å²) in [7, 11) is 0. The van der Waals surface area contributed by atoms with E-state index in [1.54, 1.807) is 25.0 Å². The van der Waals surface area contributed by atoms with Crippen LogP contribution in [0.3, 0.4) is 0 Å². The van der Waals surface area contributed by atoms with Crippen molar-refractivity contribution in [2.45, 2.75) is 24.4 Å². The molecule has 0 radical (unpaired) electrons. The third kappa shape index (κ3) is 7.32. The second-order valence-electron chi connectivity index (χ2n) is 8.07. The van der Waals surface area contributed by atoms with Crippen molar-refractivity contribution in [3.05, 3.63) is 98.0 Å². The van der Waals surface area contributed by atoms with Crippen LogP contribution in [0.25, 0.3) is 0 Å². The molecule has 32 heavy (non-hydrogen) atoms. The molecule has 0 aromatic heterocycles. The van der Waals surface area contributed by atoms with E-state index in [0.717, 1.165) is 39.3 Å². The number of rotatable bonds is 11. The van der Waals surface area contributed by atoms with E-state index in [9.17, 15) is 0 Å². The summed E-state index contributed by atoms with van der Waals surface area (Å²) in [5.41, 5.74) is 0. The molecule has 4 rings (SSSR count). The Labute approximate surface area is 190 Å². The Morgan fingerprint density at radius 2 is 0.688 bits per heavy atom. The molecule has 0 amide bonds. The molecule has 6 heteroatoms. The molecule has 0 saturated carbocycles. The lowest BCUT2D eigenvalue weighted by Gasteiger charge is -2.33. The van der Waals surface area contributed by atoms with Crippen LogP contribution in [-0.4, -0.2) is 73.5 Å². The maximum Gasteiger partial charge on any atom is 0.129 e. The number of nitrogens with zero attached hydrogens (tertiary/aromatic N) is 2. The number of allylic oxidation sites excluding steroid dienone is 8. The van der Waals surface area contributed by atoms with Crippen molar-refractivity contribution < 1.29 is 18.9 Å². The van der Waals surface area contributed by atoms with Crippen molar-refractivity contribution in [1.29, 1.82) is 0 Å². The Bertz CT molecular complexity index is 692. The molecule has 0 aromatic rings. The smallest absolute Gasteiger partial charge is 0.129 e. The Hall–Kier alpha value is -2.96. The molecule has 0 spiro atoms. The van der Waals surface area contributed by atoms with Gasteiger partial charge in [-0.2, -0.15) is 0 Å². The molecule has 0 N–H and O–H groups in total. The minimum atomic E-state index is 0.0426. The number of ether oxygens (including phenoxy) is 4. The van der Waals surface area contributed by atoms with Crippen molar-refractivity contribution in [2.24, 2.45) is 0 Å². The zero-order valence-corrected chi connectivity index (χ0v) is 18.3. The molecule has 170 valence electrons. The Balaban J connectivity index is 1.37. The van der Waals surface area contributed by atoms with E-state index in [2.05, 4.69) is 34.1 Å². The van der Waals surface area contributed by atoms with Crippen molar-refractivity contribution in [2.75, 3.05) is 39.3 Å². The third-order valence-corrected chi connectivity index (χ3v) is 5.56. The van der Waals surface area contributed by atoms with Gasteiger partial charge < -0.3 is 18.9 Å². The van der Waals surface area contributed by atoms with Gasteiger partial charge in [-0.25, -0.2) is 0 Å². The molecule has 4 atom stereocenters.